The molecule has 1 aromatic carbocycles. The van der Waals surface area contributed by atoms with Gasteiger partial charge in [-0.15, -0.1) is 0 Å². The van der Waals surface area contributed by atoms with Crippen LogP contribution >= 0.6 is 11.8 Å². The van der Waals surface area contributed by atoms with E-state index in [9.17, 15) is 0 Å². The molecule has 3 heteroatoms. The molecule has 0 aliphatic carbocycles. The molecule has 0 aliphatic heterocycles. The quantitative estimate of drug-likeness (QED) is 0.737. The normalized spacial score (nSPS) is 11.3. The maximum atomic E-state index is 3.51. The minimum atomic E-state index is 0.968. The Labute approximate surface area is 120 Å². The summed E-state index contributed by atoms with van der Waals surface area (Å²) in [5.74, 6) is 2.39. The van der Waals surface area contributed by atoms with Gasteiger partial charge in [0, 0.05) is 25.0 Å². The standard InChI is InChI=1S/C16H24N2S/c1-3-9-17-13-15-7-5-6-14-8-10-18(16(14)15)11-12-19-4-2/h5-8,10,17H,3-4,9,11-13H2,1-2H3. The molecule has 1 N–H and O–H groups in total. The van der Waals surface area contributed by atoms with Crippen molar-refractivity contribution in [3.63, 3.8) is 0 Å². The van der Waals surface area contributed by atoms with Crippen LogP contribution < -0.4 is 5.32 Å². The van der Waals surface area contributed by atoms with Gasteiger partial charge in [-0.1, -0.05) is 32.0 Å². The molecule has 1 aromatic heterocycles. The van der Waals surface area contributed by atoms with Gasteiger partial charge in [0.25, 0.3) is 0 Å². The van der Waals surface area contributed by atoms with Crippen LogP contribution in [-0.4, -0.2) is 22.6 Å². The lowest BCUT2D eigenvalue weighted by Gasteiger charge is -2.10. The number of rotatable bonds is 8. The Morgan fingerprint density at radius 2 is 2.11 bits per heavy atom. The van der Waals surface area contributed by atoms with E-state index in [0.29, 0.717) is 0 Å². The van der Waals surface area contributed by atoms with Crippen LogP contribution in [0, 0.1) is 0 Å². The van der Waals surface area contributed by atoms with Gasteiger partial charge in [-0.05, 0) is 35.7 Å². The Hall–Kier alpha value is -0.930. The van der Waals surface area contributed by atoms with Gasteiger partial charge >= 0.3 is 0 Å². The topological polar surface area (TPSA) is 17.0 Å². The molecular formula is C16H24N2S. The second kappa shape index (κ2) is 7.61. The number of hydrogen-bond acceptors (Lipinski definition) is 2. The van der Waals surface area contributed by atoms with Crippen LogP contribution in [0.2, 0.25) is 0 Å². The Morgan fingerprint density at radius 3 is 2.89 bits per heavy atom. The van der Waals surface area contributed by atoms with Gasteiger partial charge in [0.2, 0.25) is 0 Å². The lowest BCUT2D eigenvalue weighted by molar-refractivity contribution is 0.674. The smallest absolute Gasteiger partial charge is 0.0526 e. The van der Waals surface area contributed by atoms with Crippen molar-refractivity contribution < 1.29 is 0 Å². The molecule has 2 rings (SSSR count). The number of aromatic nitrogens is 1. The molecule has 0 unspecified atom stereocenters. The number of thioether (sulfide) groups is 1. The first-order chi connectivity index (χ1) is 9.36. The average Bonchev–Trinajstić information content (AvgIpc) is 2.84. The van der Waals surface area contributed by atoms with Crippen molar-refractivity contribution in [3.8, 4) is 0 Å². The van der Waals surface area contributed by atoms with E-state index in [2.05, 4.69) is 54.2 Å². The van der Waals surface area contributed by atoms with Crippen molar-refractivity contribution in [2.45, 2.75) is 33.4 Å². The fourth-order valence-corrected chi connectivity index (χ4v) is 2.99. The van der Waals surface area contributed by atoms with E-state index in [1.54, 1.807) is 0 Å². The molecule has 0 saturated carbocycles. The van der Waals surface area contributed by atoms with Crippen molar-refractivity contribution in [1.29, 1.82) is 0 Å². The van der Waals surface area contributed by atoms with Gasteiger partial charge < -0.3 is 9.88 Å². The highest BCUT2D eigenvalue weighted by molar-refractivity contribution is 7.99. The van der Waals surface area contributed by atoms with Crippen LogP contribution in [0.25, 0.3) is 10.9 Å². The van der Waals surface area contributed by atoms with Crippen LogP contribution in [0.4, 0.5) is 0 Å². The number of para-hydroxylation sites is 1. The van der Waals surface area contributed by atoms with E-state index in [-0.39, 0.29) is 0 Å². The van der Waals surface area contributed by atoms with Crippen molar-refractivity contribution in [3.05, 3.63) is 36.0 Å². The zero-order valence-corrected chi connectivity index (χ0v) is 12.8. The molecule has 104 valence electrons. The summed E-state index contributed by atoms with van der Waals surface area (Å²) in [6.07, 6.45) is 3.41. The van der Waals surface area contributed by atoms with E-state index < -0.39 is 0 Å². The number of fused-ring (bicyclic) bond motifs is 1. The van der Waals surface area contributed by atoms with Crippen LogP contribution in [0.3, 0.4) is 0 Å². The maximum absolute atomic E-state index is 3.51. The number of aryl methyl sites for hydroxylation is 1. The molecule has 0 spiro atoms. The molecule has 19 heavy (non-hydrogen) atoms. The van der Waals surface area contributed by atoms with Gasteiger partial charge in [0.05, 0.1) is 5.52 Å². The molecule has 0 fully saturated rings. The summed E-state index contributed by atoms with van der Waals surface area (Å²) in [4.78, 5) is 0. The average molecular weight is 276 g/mol. The fourth-order valence-electron chi connectivity index (χ4n) is 2.38. The third-order valence-corrected chi connectivity index (χ3v) is 4.17. The SMILES string of the molecule is CCCNCc1cccc2ccn(CCSCC)c12. The monoisotopic (exact) mass is 276 g/mol. The summed E-state index contributed by atoms with van der Waals surface area (Å²) in [5.41, 5.74) is 2.82. The summed E-state index contributed by atoms with van der Waals surface area (Å²) >= 11 is 2.01. The first-order valence-electron chi connectivity index (χ1n) is 7.22. The van der Waals surface area contributed by atoms with Crippen LogP contribution in [-0.2, 0) is 13.1 Å². The lowest BCUT2D eigenvalue weighted by atomic mass is 10.1. The highest BCUT2D eigenvalue weighted by Gasteiger charge is 2.06. The number of nitrogens with one attached hydrogen (secondary N) is 1. The third kappa shape index (κ3) is 3.77. The second-order valence-electron chi connectivity index (χ2n) is 4.74. The molecule has 0 atom stereocenters. The molecule has 2 nitrogen and oxygen atoms in total. The first kappa shape index (κ1) is 14.5. The Kier molecular flexibility index (Phi) is 5.80. The van der Waals surface area contributed by atoms with Crippen LogP contribution in [0.15, 0.2) is 30.5 Å². The largest absolute Gasteiger partial charge is 0.346 e. The van der Waals surface area contributed by atoms with E-state index in [1.807, 2.05) is 11.8 Å². The number of nitrogens with zero attached hydrogens (tertiary/aromatic N) is 1. The second-order valence-corrected chi connectivity index (χ2v) is 6.13. The van der Waals surface area contributed by atoms with E-state index in [0.717, 1.165) is 19.6 Å². The van der Waals surface area contributed by atoms with Gasteiger partial charge in [0.15, 0.2) is 0 Å². The zero-order valence-electron chi connectivity index (χ0n) is 12.0. The molecule has 0 saturated heterocycles. The minimum absolute atomic E-state index is 0.968. The molecule has 1 heterocycles. The first-order valence-corrected chi connectivity index (χ1v) is 8.37. The predicted octanol–water partition coefficient (Wildman–Crippen LogP) is 3.89. The molecule has 0 radical (unpaired) electrons. The van der Waals surface area contributed by atoms with Gasteiger partial charge in [-0.25, -0.2) is 0 Å². The summed E-state index contributed by atoms with van der Waals surface area (Å²) in [6.45, 7) is 7.59. The highest BCUT2D eigenvalue weighted by Crippen LogP contribution is 2.21. The molecule has 2 aromatic rings. The summed E-state index contributed by atoms with van der Waals surface area (Å²) < 4.78 is 2.40. The molecular weight excluding hydrogens is 252 g/mol. The highest BCUT2D eigenvalue weighted by atomic mass is 32.2. The minimum Gasteiger partial charge on any atom is -0.346 e. The van der Waals surface area contributed by atoms with E-state index in [1.165, 1.54) is 34.4 Å². The van der Waals surface area contributed by atoms with Gasteiger partial charge in [-0.3, -0.25) is 0 Å². The van der Waals surface area contributed by atoms with Crippen molar-refractivity contribution in [2.75, 3.05) is 18.1 Å². The molecule has 0 amide bonds. The Morgan fingerprint density at radius 1 is 1.21 bits per heavy atom. The molecule has 0 bridgehead atoms. The molecule has 0 aliphatic rings. The van der Waals surface area contributed by atoms with Crippen molar-refractivity contribution in [2.24, 2.45) is 0 Å². The fraction of sp³-hybridized carbons (Fsp3) is 0.500. The van der Waals surface area contributed by atoms with Gasteiger partial charge in [0.1, 0.15) is 0 Å². The number of benzene rings is 1. The van der Waals surface area contributed by atoms with E-state index >= 15 is 0 Å². The van der Waals surface area contributed by atoms with E-state index in [4.69, 9.17) is 0 Å². The van der Waals surface area contributed by atoms with Crippen LogP contribution in [0.1, 0.15) is 25.8 Å². The third-order valence-electron chi connectivity index (χ3n) is 3.29. The van der Waals surface area contributed by atoms with Crippen LogP contribution in [0.5, 0.6) is 0 Å². The van der Waals surface area contributed by atoms with Crippen molar-refractivity contribution in [1.82, 2.24) is 9.88 Å². The van der Waals surface area contributed by atoms with Gasteiger partial charge in [-0.2, -0.15) is 11.8 Å². The number of hydrogen-bond donors (Lipinski definition) is 1. The lowest BCUT2D eigenvalue weighted by Crippen LogP contribution is -2.14. The Balaban J connectivity index is 2.17. The summed E-state index contributed by atoms with van der Waals surface area (Å²) in [5, 5.41) is 4.87. The Bertz CT molecular complexity index is 504. The summed E-state index contributed by atoms with van der Waals surface area (Å²) in [6, 6.07) is 8.85. The summed E-state index contributed by atoms with van der Waals surface area (Å²) in [7, 11) is 0. The maximum Gasteiger partial charge on any atom is 0.0526 e. The predicted molar refractivity (Wildman–Crippen MR) is 86.9 cm³/mol. The van der Waals surface area contributed by atoms with Crippen molar-refractivity contribution >= 4 is 22.7 Å². The zero-order chi connectivity index (χ0) is 13.5.